The van der Waals surface area contributed by atoms with Crippen molar-refractivity contribution in [1.29, 1.82) is 5.26 Å². The first-order chi connectivity index (χ1) is 10.7. The zero-order valence-electron chi connectivity index (χ0n) is 12.1. The van der Waals surface area contributed by atoms with Crippen LogP contribution in [0, 0.1) is 11.3 Å². The molecule has 0 radical (unpaired) electrons. The molecule has 0 bridgehead atoms. The summed E-state index contributed by atoms with van der Waals surface area (Å²) < 4.78 is 1.54. The molecule has 1 N–H and O–H groups in total. The minimum absolute atomic E-state index is 0.0522. The molecule has 0 aliphatic carbocycles. The molecule has 0 atom stereocenters. The van der Waals surface area contributed by atoms with Crippen LogP contribution in [0.25, 0.3) is 11.1 Å². The molecule has 22 heavy (non-hydrogen) atoms. The molecule has 0 amide bonds. The first-order valence-electron chi connectivity index (χ1n) is 6.86. The fourth-order valence-electron chi connectivity index (χ4n) is 2.42. The highest BCUT2D eigenvalue weighted by Crippen LogP contribution is 2.23. The summed E-state index contributed by atoms with van der Waals surface area (Å²) in [6.07, 6.45) is 4.11. The number of aromatic amines is 1. The van der Waals surface area contributed by atoms with E-state index < -0.39 is 0 Å². The van der Waals surface area contributed by atoms with E-state index in [-0.39, 0.29) is 5.56 Å². The number of hydrogen-bond donors (Lipinski definition) is 1. The third kappa shape index (κ3) is 2.54. The second-order valence-electron chi connectivity index (χ2n) is 5.07. The van der Waals surface area contributed by atoms with E-state index in [1.165, 1.54) is 10.6 Å². The molecule has 0 unspecified atom stereocenters. The summed E-state index contributed by atoms with van der Waals surface area (Å²) >= 11 is 0. The van der Waals surface area contributed by atoms with Crippen LogP contribution in [0.2, 0.25) is 0 Å². The summed E-state index contributed by atoms with van der Waals surface area (Å²) in [5.41, 5.74) is 4.32. The van der Waals surface area contributed by atoms with Crippen molar-refractivity contribution in [3.05, 3.63) is 76.0 Å². The molecule has 2 heterocycles. The highest BCUT2D eigenvalue weighted by Gasteiger charge is 2.11. The van der Waals surface area contributed by atoms with Crippen molar-refractivity contribution in [2.45, 2.75) is 6.42 Å². The normalized spacial score (nSPS) is 10.4. The molecule has 0 spiro atoms. The SMILES string of the molecule is Cn1cc(-c2cn[nH]c2Cc2ccccc2C#N)ccc1=O. The van der Waals surface area contributed by atoms with Gasteiger partial charge in [0.15, 0.2) is 0 Å². The van der Waals surface area contributed by atoms with Crippen LogP contribution in [0.1, 0.15) is 16.8 Å². The molecule has 0 saturated heterocycles. The Balaban J connectivity index is 2.01. The molecular formula is C17H14N4O. The minimum atomic E-state index is -0.0522. The van der Waals surface area contributed by atoms with E-state index in [4.69, 9.17) is 0 Å². The third-order valence-electron chi connectivity index (χ3n) is 3.62. The van der Waals surface area contributed by atoms with Gasteiger partial charge in [0, 0.05) is 42.6 Å². The maximum absolute atomic E-state index is 11.5. The van der Waals surface area contributed by atoms with Gasteiger partial charge < -0.3 is 4.57 Å². The van der Waals surface area contributed by atoms with Gasteiger partial charge in [-0.15, -0.1) is 0 Å². The lowest BCUT2D eigenvalue weighted by Gasteiger charge is -2.06. The number of aryl methyl sites for hydroxylation is 1. The largest absolute Gasteiger partial charge is 0.318 e. The monoisotopic (exact) mass is 290 g/mol. The molecule has 0 fully saturated rings. The van der Waals surface area contributed by atoms with Crippen molar-refractivity contribution in [3.63, 3.8) is 0 Å². The molecule has 0 aliphatic heterocycles. The topological polar surface area (TPSA) is 74.5 Å². The molecule has 5 nitrogen and oxygen atoms in total. The van der Waals surface area contributed by atoms with Crippen LogP contribution < -0.4 is 5.56 Å². The Morgan fingerprint density at radius 1 is 1.27 bits per heavy atom. The number of aromatic nitrogens is 3. The average molecular weight is 290 g/mol. The number of rotatable bonds is 3. The number of nitriles is 1. The first kappa shape index (κ1) is 13.8. The van der Waals surface area contributed by atoms with Gasteiger partial charge in [0.2, 0.25) is 5.56 Å². The lowest BCUT2D eigenvalue weighted by Crippen LogP contribution is -2.14. The Bertz CT molecular complexity index is 915. The summed E-state index contributed by atoms with van der Waals surface area (Å²) in [7, 11) is 1.72. The highest BCUT2D eigenvalue weighted by atomic mass is 16.1. The van der Waals surface area contributed by atoms with Crippen LogP contribution in [0.15, 0.2) is 53.6 Å². The van der Waals surface area contributed by atoms with E-state index in [2.05, 4.69) is 16.3 Å². The van der Waals surface area contributed by atoms with E-state index in [1.54, 1.807) is 31.6 Å². The van der Waals surface area contributed by atoms with Crippen LogP contribution in [0.5, 0.6) is 0 Å². The molecule has 5 heteroatoms. The molecule has 1 aromatic carbocycles. The van der Waals surface area contributed by atoms with Crippen molar-refractivity contribution < 1.29 is 0 Å². The third-order valence-corrected chi connectivity index (χ3v) is 3.62. The summed E-state index contributed by atoms with van der Waals surface area (Å²) in [6.45, 7) is 0. The second kappa shape index (κ2) is 5.70. The zero-order valence-corrected chi connectivity index (χ0v) is 12.1. The number of nitrogens with zero attached hydrogens (tertiary/aromatic N) is 3. The van der Waals surface area contributed by atoms with Gasteiger partial charge in [0.05, 0.1) is 17.8 Å². The summed E-state index contributed by atoms with van der Waals surface area (Å²) in [4.78, 5) is 11.5. The smallest absolute Gasteiger partial charge is 0.250 e. The van der Waals surface area contributed by atoms with E-state index in [1.807, 2.05) is 18.2 Å². The van der Waals surface area contributed by atoms with Gasteiger partial charge in [-0.3, -0.25) is 9.89 Å². The minimum Gasteiger partial charge on any atom is -0.318 e. The van der Waals surface area contributed by atoms with E-state index >= 15 is 0 Å². The lowest BCUT2D eigenvalue weighted by atomic mass is 10.00. The number of nitrogens with one attached hydrogen (secondary N) is 1. The summed E-state index contributed by atoms with van der Waals surface area (Å²) in [6, 6.07) is 13.0. The Hall–Kier alpha value is -3.13. The number of hydrogen-bond acceptors (Lipinski definition) is 3. The van der Waals surface area contributed by atoms with Gasteiger partial charge in [0.1, 0.15) is 0 Å². The van der Waals surface area contributed by atoms with Crippen molar-refractivity contribution >= 4 is 0 Å². The Labute approximate surface area is 127 Å². The number of H-pyrrole nitrogens is 1. The quantitative estimate of drug-likeness (QED) is 0.803. The van der Waals surface area contributed by atoms with E-state index in [0.29, 0.717) is 12.0 Å². The summed E-state index contributed by atoms with van der Waals surface area (Å²) in [5, 5.41) is 16.3. The first-order valence-corrected chi connectivity index (χ1v) is 6.86. The van der Waals surface area contributed by atoms with Crippen LogP contribution in [-0.2, 0) is 13.5 Å². The highest BCUT2D eigenvalue weighted by molar-refractivity contribution is 5.65. The van der Waals surface area contributed by atoms with Crippen molar-refractivity contribution in [3.8, 4) is 17.2 Å². The van der Waals surface area contributed by atoms with Gasteiger partial charge in [0.25, 0.3) is 0 Å². The van der Waals surface area contributed by atoms with E-state index in [9.17, 15) is 10.1 Å². The van der Waals surface area contributed by atoms with Crippen molar-refractivity contribution in [2.75, 3.05) is 0 Å². The maximum Gasteiger partial charge on any atom is 0.250 e. The predicted octanol–water partition coefficient (Wildman–Crippen LogP) is 2.24. The molecule has 2 aromatic heterocycles. The van der Waals surface area contributed by atoms with Crippen LogP contribution in [-0.4, -0.2) is 14.8 Å². The summed E-state index contributed by atoms with van der Waals surface area (Å²) in [5.74, 6) is 0. The van der Waals surface area contributed by atoms with Crippen molar-refractivity contribution in [2.24, 2.45) is 7.05 Å². The Morgan fingerprint density at radius 3 is 2.86 bits per heavy atom. The van der Waals surface area contributed by atoms with Gasteiger partial charge in [-0.1, -0.05) is 18.2 Å². The molecule has 3 rings (SSSR count). The fourth-order valence-corrected chi connectivity index (χ4v) is 2.42. The maximum atomic E-state index is 11.5. The predicted molar refractivity (Wildman–Crippen MR) is 83.2 cm³/mol. The molecular weight excluding hydrogens is 276 g/mol. The van der Waals surface area contributed by atoms with E-state index in [0.717, 1.165) is 22.4 Å². The number of benzene rings is 1. The fraction of sp³-hybridized carbons (Fsp3) is 0.118. The molecule has 0 saturated carbocycles. The number of pyridine rings is 1. The second-order valence-corrected chi connectivity index (χ2v) is 5.07. The van der Waals surface area contributed by atoms with Crippen LogP contribution >= 0.6 is 0 Å². The van der Waals surface area contributed by atoms with Crippen molar-refractivity contribution in [1.82, 2.24) is 14.8 Å². The van der Waals surface area contributed by atoms with Gasteiger partial charge >= 0.3 is 0 Å². The standard InChI is InChI=1S/C17H14N4O/c1-21-11-14(6-7-17(21)22)15-10-19-20-16(15)8-12-4-2-3-5-13(12)9-18/h2-7,10-11H,8H2,1H3,(H,19,20). The molecule has 3 aromatic rings. The Kier molecular flexibility index (Phi) is 3.58. The molecule has 108 valence electrons. The lowest BCUT2D eigenvalue weighted by molar-refractivity contribution is 0.862. The van der Waals surface area contributed by atoms with Crippen LogP contribution in [0.3, 0.4) is 0 Å². The average Bonchev–Trinajstić information content (AvgIpc) is 2.99. The van der Waals surface area contributed by atoms with Gasteiger partial charge in [-0.2, -0.15) is 10.4 Å². The Morgan fingerprint density at radius 2 is 2.09 bits per heavy atom. The molecule has 0 aliphatic rings. The van der Waals surface area contributed by atoms with Gasteiger partial charge in [-0.05, 0) is 17.7 Å². The van der Waals surface area contributed by atoms with Gasteiger partial charge in [-0.25, -0.2) is 0 Å². The zero-order chi connectivity index (χ0) is 15.5. The van der Waals surface area contributed by atoms with Crippen LogP contribution in [0.4, 0.5) is 0 Å².